The number of aliphatic hydroxyl groups is 9. The molecule has 2 aliphatic heterocycles. The second kappa shape index (κ2) is 22.2. The van der Waals surface area contributed by atoms with Gasteiger partial charge in [-0.15, -0.1) is 0 Å². The molecule has 0 aromatic rings. The highest BCUT2D eigenvalue weighted by molar-refractivity contribution is 5.75. The number of unbranched alkanes of at least 4 members (excludes halogenated alkanes) is 1. The van der Waals surface area contributed by atoms with Crippen molar-refractivity contribution in [3.05, 3.63) is 34.1 Å². The van der Waals surface area contributed by atoms with Crippen molar-refractivity contribution in [3.8, 4) is 0 Å². The molecule has 3 rings (SSSR count). The van der Waals surface area contributed by atoms with Crippen molar-refractivity contribution in [2.24, 2.45) is 0 Å². The molecule has 0 spiro atoms. The van der Waals surface area contributed by atoms with E-state index in [1.54, 1.807) is 0 Å². The van der Waals surface area contributed by atoms with Crippen LogP contribution in [0.5, 0.6) is 0 Å². The van der Waals surface area contributed by atoms with Gasteiger partial charge in [0.2, 0.25) is 11.9 Å². The van der Waals surface area contributed by atoms with Crippen molar-refractivity contribution in [2.75, 3.05) is 33.5 Å². The van der Waals surface area contributed by atoms with Gasteiger partial charge in [-0.1, -0.05) is 0 Å². The molecule has 1 amide bonds. The fourth-order valence-corrected chi connectivity index (χ4v) is 5.69. The fourth-order valence-electron chi connectivity index (χ4n) is 5.69. The summed E-state index contributed by atoms with van der Waals surface area (Å²) in [5.74, 6) is -0.0197. The minimum absolute atomic E-state index is 0.0399. The normalized spacial score (nSPS) is 34.1. The molecule has 2 heterocycles. The first-order chi connectivity index (χ1) is 25.2. The predicted molar refractivity (Wildman–Crippen MR) is 176 cm³/mol. The number of hydrogen-bond donors (Lipinski definition) is 10. The molecule has 0 saturated carbocycles. The van der Waals surface area contributed by atoms with Crippen LogP contribution >= 0.6 is 0 Å². The van der Waals surface area contributed by atoms with Crippen LogP contribution in [-0.2, 0) is 38.0 Å². The van der Waals surface area contributed by atoms with Crippen LogP contribution in [0.15, 0.2) is 24.0 Å². The molecule has 2 saturated heterocycles. The predicted octanol–water partition coefficient (Wildman–Crippen LogP) is -3.74. The van der Waals surface area contributed by atoms with Crippen LogP contribution in [0.3, 0.4) is 0 Å². The second-order valence-corrected chi connectivity index (χ2v) is 12.9. The topological polar surface area (TPSA) is 319 Å². The Morgan fingerprint density at radius 3 is 2.28 bits per heavy atom. The van der Waals surface area contributed by atoms with Gasteiger partial charge in [-0.25, -0.2) is 0 Å². The number of carbonyl (C=O) groups excluding carboxylic acids is 1. The second-order valence-electron chi connectivity index (χ2n) is 12.9. The summed E-state index contributed by atoms with van der Waals surface area (Å²) in [4.78, 5) is 22.9. The lowest BCUT2D eigenvalue weighted by Crippen LogP contribution is -2.65. The van der Waals surface area contributed by atoms with Crippen molar-refractivity contribution < 1.29 is 88.8 Å². The number of nitrogens with zero attached hydrogens (tertiary/aromatic N) is 1. The molecular weight excluding hydrogens is 716 g/mol. The Hall–Kier alpha value is -2.45. The lowest BCUT2D eigenvalue weighted by atomic mass is 9.96. The maximum Gasteiger partial charge on any atom is 0.235 e. The van der Waals surface area contributed by atoms with Gasteiger partial charge in [-0.05, 0) is 38.0 Å². The van der Waals surface area contributed by atoms with Gasteiger partial charge in [0, 0.05) is 44.3 Å². The van der Waals surface area contributed by atoms with Crippen molar-refractivity contribution in [2.45, 2.75) is 138 Å². The van der Waals surface area contributed by atoms with Gasteiger partial charge < -0.3 is 84.4 Å². The number of nitrogens with one attached hydrogen (secondary N) is 1. The molecule has 21 heteroatoms. The van der Waals surface area contributed by atoms with Crippen molar-refractivity contribution in [1.82, 2.24) is 5.32 Å². The Kier molecular flexibility index (Phi) is 18.8. The van der Waals surface area contributed by atoms with Gasteiger partial charge in [0.15, 0.2) is 25.2 Å². The van der Waals surface area contributed by atoms with Crippen LogP contribution in [0.1, 0.15) is 45.4 Å². The lowest BCUT2D eigenvalue weighted by Gasteiger charge is -2.47. The minimum atomic E-state index is -1.87. The van der Waals surface area contributed by atoms with Crippen molar-refractivity contribution in [1.29, 1.82) is 0 Å². The summed E-state index contributed by atoms with van der Waals surface area (Å²) >= 11 is 0. The van der Waals surface area contributed by atoms with E-state index >= 15 is 0 Å². The Balaban J connectivity index is 1.58. The monoisotopic (exact) mass is 770 g/mol. The van der Waals surface area contributed by atoms with Crippen LogP contribution in [0.2, 0.25) is 0 Å². The van der Waals surface area contributed by atoms with Crippen molar-refractivity contribution >= 4 is 5.91 Å². The summed E-state index contributed by atoms with van der Waals surface area (Å²) in [6.07, 6.45) is -15.6. The first kappa shape index (κ1) is 44.9. The van der Waals surface area contributed by atoms with E-state index in [-0.39, 0.29) is 44.7 Å². The highest BCUT2D eigenvalue weighted by Gasteiger charge is 2.52. The summed E-state index contributed by atoms with van der Waals surface area (Å²) in [6.45, 7) is -0.405. The first-order valence-electron chi connectivity index (χ1n) is 17.4. The zero-order chi connectivity index (χ0) is 39.2. The number of nitro groups is 1. The Morgan fingerprint density at radius 1 is 1.00 bits per heavy atom. The number of methoxy groups -OCH3 is 1. The standard InChI is InChI=1S/C32H54N2O19/c1-16(37)19(38)13-24(47-2)52-30-29(53-31-28(44)27(43)25(41)20(14-35)50-31)26(42)21(15-36)51-32(30)48-12-11-33-22(39)5-3-4-6-23(40)49-18-9-7-17(8-10-18)34(45)46/h7,9-10,16-17,19-21,23-32,35-38,40-44H,3-6,8,11-15H2,1-2H3,(H,33,39)/t16-,17?,19?,20+,21?,23?,24+,25+,26+,27?,28?,29?,30?,31-,32-/m1/s1. The average Bonchev–Trinajstić information content (AvgIpc) is 3.13. The maximum atomic E-state index is 12.5. The summed E-state index contributed by atoms with van der Waals surface area (Å²) in [6, 6.07) is -0.834. The molecule has 0 aromatic carbocycles. The Bertz CT molecular complexity index is 1180. The van der Waals surface area contributed by atoms with E-state index in [1.807, 2.05) is 0 Å². The molecule has 0 bridgehead atoms. The lowest BCUT2D eigenvalue weighted by molar-refractivity contribution is -0.508. The average molecular weight is 771 g/mol. The number of rotatable bonds is 22. The highest BCUT2D eigenvalue weighted by atomic mass is 16.8. The number of aliphatic hydroxyl groups excluding tert-OH is 9. The van der Waals surface area contributed by atoms with E-state index in [1.165, 1.54) is 32.3 Å². The maximum absolute atomic E-state index is 12.5. The zero-order valence-electron chi connectivity index (χ0n) is 29.5. The summed E-state index contributed by atoms with van der Waals surface area (Å²) < 4.78 is 39.6. The molecule has 0 radical (unpaired) electrons. The van der Waals surface area contributed by atoms with Gasteiger partial charge in [-0.2, -0.15) is 0 Å². The van der Waals surface area contributed by atoms with E-state index in [4.69, 9.17) is 33.2 Å². The smallest absolute Gasteiger partial charge is 0.235 e. The molecule has 2 fully saturated rings. The van der Waals surface area contributed by atoms with Crippen LogP contribution in [-0.4, -0.2) is 183 Å². The third-order valence-corrected chi connectivity index (χ3v) is 8.90. The summed E-state index contributed by atoms with van der Waals surface area (Å²) in [5, 5.41) is 105. The number of amides is 1. The Morgan fingerprint density at radius 2 is 1.68 bits per heavy atom. The van der Waals surface area contributed by atoms with Gasteiger partial charge in [0.25, 0.3) is 0 Å². The number of allylic oxidation sites excluding steroid dienone is 1. The Labute approximate surface area is 305 Å². The van der Waals surface area contributed by atoms with Gasteiger partial charge in [0.1, 0.15) is 54.6 Å². The number of carbonyl (C=O) groups is 1. The molecule has 8 unspecified atom stereocenters. The van der Waals surface area contributed by atoms with Crippen molar-refractivity contribution in [3.63, 3.8) is 0 Å². The third kappa shape index (κ3) is 13.4. The van der Waals surface area contributed by atoms with Gasteiger partial charge in [0.05, 0.1) is 32.0 Å². The largest absolute Gasteiger partial charge is 0.466 e. The number of ether oxygens (including phenoxy) is 7. The first-order valence-corrected chi connectivity index (χ1v) is 17.4. The third-order valence-electron chi connectivity index (χ3n) is 8.90. The van der Waals surface area contributed by atoms with Crippen LogP contribution in [0.4, 0.5) is 0 Å². The fraction of sp³-hybridized carbons (Fsp3) is 0.844. The van der Waals surface area contributed by atoms with E-state index in [0.29, 0.717) is 18.6 Å². The molecule has 53 heavy (non-hydrogen) atoms. The van der Waals surface area contributed by atoms with Gasteiger partial charge >= 0.3 is 0 Å². The van der Waals surface area contributed by atoms with Gasteiger partial charge in [-0.3, -0.25) is 14.9 Å². The summed E-state index contributed by atoms with van der Waals surface area (Å²) in [7, 11) is 1.24. The highest BCUT2D eigenvalue weighted by Crippen LogP contribution is 2.32. The molecule has 3 aliphatic rings. The molecule has 10 N–H and O–H groups in total. The van der Waals surface area contributed by atoms with E-state index in [2.05, 4.69) is 5.32 Å². The molecule has 306 valence electrons. The quantitative estimate of drug-likeness (QED) is 0.0219. The van der Waals surface area contributed by atoms with E-state index < -0.39 is 110 Å². The minimum Gasteiger partial charge on any atom is -0.466 e. The van der Waals surface area contributed by atoms with Crippen LogP contribution < -0.4 is 5.32 Å². The van der Waals surface area contributed by atoms with Crippen LogP contribution in [0, 0.1) is 10.1 Å². The van der Waals surface area contributed by atoms with Crippen LogP contribution in [0.25, 0.3) is 0 Å². The number of hydrogen-bond acceptors (Lipinski definition) is 19. The molecule has 21 nitrogen and oxygen atoms in total. The molecular formula is C32H54N2O19. The SMILES string of the molecule is CO[C@H](CC(O)[C@@H](C)O)OC1C(O[C@H]2O[C@@H](CO)[C@H](O)C(O)C2O)[C@@H](O)C(CO)O[C@H]1OCCNC(=O)CCCCC(O)OC1=CCC([N+](=O)[O-])C=C1. The van der Waals surface area contributed by atoms with E-state index in [0.717, 1.165) is 0 Å². The molecule has 0 aromatic heterocycles. The summed E-state index contributed by atoms with van der Waals surface area (Å²) in [5.41, 5.74) is 0. The zero-order valence-corrected chi connectivity index (χ0v) is 29.5. The molecule has 15 atom stereocenters. The van der Waals surface area contributed by atoms with E-state index in [9.17, 15) is 60.9 Å². The molecule has 1 aliphatic carbocycles.